The highest BCUT2D eigenvalue weighted by molar-refractivity contribution is 6.71. The Morgan fingerprint density at radius 1 is 1.25 bits per heavy atom. The van der Waals surface area contributed by atoms with E-state index in [2.05, 4.69) is 39.1 Å². The van der Waals surface area contributed by atoms with Crippen molar-refractivity contribution >= 4 is 8.32 Å². The quantitative estimate of drug-likeness (QED) is 0.541. The summed E-state index contributed by atoms with van der Waals surface area (Å²) in [5.74, 6) is 0.855. The Hall–Kier alpha value is -0.933. The second-order valence-corrected chi connectivity index (χ2v) is 10.8. The summed E-state index contributed by atoms with van der Waals surface area (Å²) in [4.78, 5) is 0. The van der Waals surface area contributed by atoms with E-state index in [0.717, 1.165) is 12.5 Å². The summed E-state index contributed by atoms with van der Waals surface area (Å²) in [6.07, 6.45) is 5.94. The van der Waals surface area contributed by atoms with Crippen molar-refractivity contribution in [3.63, 3.8) is 0 Å². The van der Waals surface area contributed by atoms with Gasteiger partial charge in [-0.3, -0.25) is 0 Å². The van der Waals surface area contributed by atoms with E-state index in [4.69, 9.17) is 4.43 Å². The van der Waals surface area contributed by atoms with Crippen LogP contribution < -0.4 is 0 Å². The van der Waals surface area contributed by atoms with E-state index in [-0.39, 0.29) is 5.82 Å². The molecular weight excluding hydrogens is 267 g/mol. The maximum atomic E-state index is 13.1. The Bertz CT molecular complexity index is 464. The van der Waals surface area contributed by atoms with Crippen LogP contribution in [-0.4, -0.2) is 14.4 Å². The topological polar surface area (TPSA) is 9.23 Å². The molecule has 0 heterocycles. The molecule has 0 bridgehead atoms. The van der Waals surface area contributed by atoms with Crippen LogP contribution in [0.3, 0.4) is 0 Å². The highest BCUT2D eigenvalue weighted by Gasteiger charge is 2.33. The van der Waals surface area contributed by atoms with E-state index in [1.54, 1.807) is 12.1 Å². The first-order valence-electron chi connectivity index (χ1n) is 7.47. The lowest BCUT2D eigenvalue weighted by Crippen LogP contribution is -2.36. The third kappa shape index (κ3) is 4.03. The number of halogens is 1. The lowest BCUT2D eigenvalue weighted by molar-refractivity contribution is 0.228. The van der Waals surface area contributed by atoms with Crippen molar-refractivity contribution in [2.24, 2.45) is 5.92 Å². The van der Waals surface area contributed by atoms with Gasteiger partial charge < -0.3 is 4.43 Å². The minimum Gasteiger partial charge on any atom is -0.415 e. The molecule has 110 valence electrons. The zero-order chi connectivity index (χ0) is 14.8. The molecule has 0 radical (unpaired) electrons. The minimum absolute atomic E-state index is 0.158. The molecule has 2 rings (SSSR count). The van der Waals surface area contributed by atoms with E-state index in [9.17, 15) is 4.39 Å². The first-order valence-corrected chi connectivity index (χ1v) is 10.6. The number of hydrogen-bond acceptors (Lipinski definition) is 1. The summed E-state index contributed by atoms with van der Waals surface area (Å²) in [5, 5.41) is 0. The number of rotatable bonds is 5. The van der Waals surface area contributed by atoms with Gasteiger partial charge in [0.25, 0.3) is 0 Å². The second kappa shape index (κ2) is 6.23. The number of hydrogen-bond donors (Lipinski definition) is 0. The zero-order valence-electron chi connectivity index (χ0n) is 12.9. The second-order valence-electron chi connectivity index (χ2n) is 6.62. The maximum Gasteiger partial charge on any atom is 0.187 e. The van der Waals surface area contributed by atoms with Gasteiger partial charge in [0.15, 0.2) is 8.32 Å². The standard InChI is InChI=1S/C17H25FOSi/c1-13(2)19-20(3,4)12-15-6-5-7-17(15)14-8-10-16(18)11-9-14/h5-6,8-11,13,15,17H,7,12H2,1-4H3/t15-,17-/m0/s1. The molecule has 0 unspecified atom stereocenters. The molecule has 1 aliphatic rings. The molecule has 1 aromatic rings. The van der Waals surface area contributed by atoms with Gasteiger partial charge in [-0.1, -0.05) is 24.3 Å². The highest BCUT2D eigenvalue weighted by Crippen LogP contribution is 2.39. The Morgan fingerprint density at radius 3 is 2.50 bits per heavy atom. The van der Waals surface area contributed by atoms with E-state index in [1.165, 1.54) is 5.56 Å². The lowest BCUT2D eigenvalue weighted by Gasteiger charge is -2.30. The Kier molecular flexibility index (Phi) is 4.81. The molecule has 0 aliphatic heterocycles. The Morgan fingerprint density at radius 2 is 1.90 bits per heavy atom. The summed E-state index contributed by atoms with van der Waals surface area (Å²) >= 11 is 0. The van der Waals surface area contributed by atoms with Gasteiger partial charge >= 0.3 is 0 Å². The van der Waals surface area contributed by atoms with Crippen LogP contribution >= 0.6 is 0 Å². The lowest BCUT2D eigenvalue weighted by atomic mass is 9.89. The van der Waals surface area contributed by atoms with Gasteiger partial charge in [0.2, 0.25) is 0 Å². The van der Waals surface area contributed by atoms with Crippen molar-refractivity contribution in [2.45, 2.75) is 51.4 Å². The summed E-state index contributed by atoms with van der Waals surface area (Å²) in [5.41, 5.74) is 1.25. The molecule has 0 N–H and O–H groups in total. The zero-order valence-corrected chi connectivity index (χ0v) is 13.9. The molecule has 0 saturated carbocycles. The largest absolute Gasteiger partial charge is 0.415 e. The summed E-state index contributed by atoms with van der Waals surface area (Å²) in [6, 6.07) is 8.12. The van der Waals surface area contributed by atoms with Gasteiger partial charge in [0.05, 0.1) is 0 Å². The van der Waals surface area contributed by atoms with Crippen molar-refractivity contribution < 1.29 is 8.82 Å². The first-order chi connectivity index (χ1) is 9.37. The van der Waals surface area contributed by atoms with Crippen LogP contribution in [-0.2, 0) is 4.43 Å². The summed E-state index contributed by atoms with van der Waals surface area (Å²) in [6.45, 7) is 8.80. The molecule has 0 fully saturated rings. The predicted molar refractivity (Wildman–Crippen MR) is 84.9 cm³/mol. The van der Waals surface area contributed by atoms with Crippen LogP contribution in [0.4, 0.5) is 4.39 Å². The van der Waals surface area contributed by atoms with Crippen LogP contribution in [0.15, 0.2) is 36.4 Å². The van der Waals surface area contributed by atoms with Crippen LogP contribution in [0.5, 0.6) is 0 Å². The fraction of sp³-hybridized carbons (Fsp3) is 0.529. The van der Waals surface area contributed by atoms with Gasteiger partial charge in [-0.25, -0.2) is 4.39 Å². The number of benzene rings is 1. The minimum atomic E-state index is -1.64. The van der Waals surface area contributed by atoms with E-state index in [1.807, 2.05) is 12.1 Å². The van der Waals surface area contributed by atoms with Gasteiger partial charge in [0.1, 0.15) is 5.82 Å². The van der Waals surface area contributed by atoms with Crippen LogP contribution in [0.1, 0.15) is 31.7 Å². The molecule has 0 aromatic heterocycles. The molecule has 20 heavy (non-hydrogen) atoms. The molecule has 0 spiro atoms. The van der Waals surface area contributed by atoms with E-state index < -0.39 is 8.32 Å². The maximum absolute atomic E-state index is 13.1. The predicted octanol–water partition coefficient (Wildman–Crippen LogP) is 5.12. The SMILES string of the molecule is CC(C)O[Si](C)(C)C[C@@H]1C=CC[C@H]1c1ccc(F)cc1. The van der Waals surface area contributed by atoms with E-state index >= 15 is 0 Å². The molecule has 2 atom stereocenters. The monoisotopic (exact) mass is 292 g/mol. The molecular formula is C17H25FOSi. The smallest absolute Gasteiger partial charge is 0.187 e. The fourth-order valence-electron chi connectivity index (χ4n) is 3.27. The molecule has 1 nitrogen and oxygen atoms in total. The van der Waals surface area contributed by atoms with Crippen molar-refractivity contribution in [2.75, 3.05) is 0 Å². The Labute approximate surface area is 123 Å². The van der Waals surface area contributed by atoms with Gasteiger partial charge in [-0.05, 0) is 68.9 Å². The van der Waals surface area contributed by atoms with Gasteiger partial charge in [-0.2, -0.15) is 0 Å². The summed E-state index contributed by atoms with van der Waals surface area (Å²) in [7, 11) is -1.64. The highest BCUT2D eigenvalue weighted by atomic mass is 28.4. The molecule has 3 heteroatoms. The number of allylic oxidation sites excluding steroid dienone is 2. The average molecular weight is 292 g/mol. The Balaban J connectivity index is 2.07. The normalized spacial score (nSPS) is 22.7. The van der Waals surface area contributed by atoms with Crippen molar-refractivity contribution in [1.29, 1.82) is 0 Å². The molecule has 0 amide bonds. The van der Waals surface area contributed by atoms with Crippen LogP contribution in [0.25, 0.3) is 0 Å². The van der Waals surface area contributed by atoms with Crippen molar-refractivity contribution in [1.82, 2.24) is 0 Å². The van der Waals surface area contributed by atoms with E-state index in [0.29, 0.717) is 17.9 Å². The van der Waals surface area contributed by atoms with Gasteiger partial charge in [-0.15, -0.1) is 0 Å². The van der Waals surface area contributed by atoms with Crippen molar-refractivity contribution in [3.8, 4) is 0 Å². The third-order valence-electron chi connectivity index (χ3n) is 3.87. The molecule has 1 aromatic carbocycles. The van der Waals surface area contributed by atoms with Crippen molar-refractivity contribution in [3.05, 3.63) is 47.8 Å². The van der Waals surface area contributed by atoms with Gasteiger partial charge in [0, 0.05) is 6.10 Å². The fourth-order valence-corrected chi connectivity index (χ4v) is 6.19. The van der Waals surface area contributed by atoms with Crippen LogP contribution in [0.2, 0.25) is 19.1 Å². The third-order valence-corrected chi connectivity index (χ3v) is 6.43. The summed E-state index contributed by atoms with van der Waals surface area (Å²) < 4.78 is 19.2. The van der Waals surface area contributed by atoms with Crippen LogP contribution in [0, 0.1) is 11.7 Å². The first kappa shape index (κ1) is 15.5. The average Bonchev–Trinajstić information content (AvgIpc) is 2.75. The molecule has 1 aliphatic carbocycles. The molecule has 0 saturated heterocycles.